The van der Waals surface area contributed by atoms with Crippen LogP contribution in [0.2, 0.25) is 5.02 Å². The monoisotopic (exact) mass is 324 g/mol. The van der Waals surface area contributed by atoms with E-state index in [1.165, 1.54) is 0 Å². The molecule has 0 spiro atoms. The smallest absolute Gasteiger partial charge is 0.319 e. The van der Waals surface area contributed by atoms with E-state index < -0.39 is 8.25 Å². The van der Waals surface area contributed by atoms with E-state index in [9.17, 15) is 4.57 Å². The van der Waals surface area contributed by atoms with Crippen LogP contribution in [0, 0.1) is 0 Å². The fraction of sp³-hybridized carbons (Fsp3) is 0.538. The Morgan fingerprint density at radius 2 is 1.70 bits per heavy atom. The molecule has 116 valence electrons. The molecule has 0 aliphatic heterocycles. The largest absolute Gasteiger partial charge is 0.497 e. The Bertz CT molecular complexity index is 392. The molecule has 0 bridgehead atoms. The maximum Gasteiger partial charge on any atom is 0.319 e. The zero-order chi connectivity index (χ0) is 15.4. The van der Waals surface area contributed by atoms with Gasteiger partial charge in [-0.2, -0.15) is 0 Å². The highest BCUT2D eigenvalue weighted by Crippen LogP contribution is 2.22. The first-order valence-electron chi connectivity index (χ1n) is 6.19. The lowest BCUT2D eigenvalue weighted by Gasteiger charge is -2.04. The molecule has 0 fully saturated rings. The van der Waals surface area contributed by atoms with E-state index in [4.69, 9.17) is 21.1 Å². The molecule has 0 N–H and O–H groups in total. The van der Waals surface area contributed by atoms with E-state index >= 15 is 0 Å². The molecule has 0 aliphatic rings. The van der Waals surface area contributed by atoms with Crippen molar-refractivity contribution in [3.8, 4) is 5.75 Å². The van der Waals surface area contributed by atoms with Crippen LogP contribution < -0.4 is 4.74 Å². The zero-order valence-corrected chi connectivity index (χ0v) is 14.0. The van der Waals surface area contributed by atoms with Gasteiger partial charge in [0, 0.05) is 12.1 Å². The first-order valence-corrected chi connectivity index (χ1v) is 7.79. The first-order chi connectivity index (χ1) is 9.57. The lowest BCUT2D eigenvalue weighted by Crippen LogP contribution is -1.89. The Labute approximate surface area is 126 Å². The van der Waals surface area contributed by atoms with Gasteiger partial charge in [0.25, 0.3) is 0 Å². The molecule has 7 heteroatoms. The van der Waals surface area contributed by atoms with E-state index in [2.05, 4.69) is 9.05 Å². The van der Waals surface area contributed by atoms with E-state index in [-0.39, 0.29) is 0 Å². The van der Waals surface area contributed by atoms with Crippen molar-refractivity contribution in [1.29, 1.82) is 0 Å². The van der Waals surface area contributed by atoms with Gasteiger partial charge in [-0.05, 0) is 37.6 Å². The highest BCUT2D eigenvalue weighted by Gasteiger charge is 1.98. The number of halogens is 1. The second kappa shape index (κ2) is 12.2. The number of benzene rings is 1. The number of methoxy groups -OCH3 is 2. The summed E-state index contributed by atoms with van der Waals surface area (Å²) in [5.74, 6) is 0.759. The summed E-state index contributed by atoms with van der Waals surface area (Å²) in [5, 5.41) is 0.668. The Kier molecular flexibility index (Phi) is 11.8. The van der Waals surface area contributed by atoms with Gasteiger partial charge >= 0.3 is 8.25 Å². The number of hydrogen-bond acceptors (Lipinski definition) is 5. The van der Waals surface area contributed by atoms with Gasteiger partial charge in [-0.15, -0.1) is 0 Å². The van der Waals surface area contributed by atoms with Gasteiger partial charge in [0.2, 0.25) is 0 Å². The van der Waals surface area contributed by atoms with Crippen LogP contribution in [-0.2, 0) is 25.0 Å². The second-order valence-corrected chi connectivity index (χ2v) is 5.06. The molecule has 0 saturated heterocycles. The van der Waals surface area contributed by atoms with Crippen LogP contribution in [-0.4, -0.2) is 27.4 Å². The minimum Gasteiger partial charge on any atom is -0.497 e. The number of rotatable bonds is 7. The van der Waals surface area contributed by atoms with Crippen molar-refractivity contribution in [1.82, 2.24) is 0 Å². The van der Waals surface area contributed by atoms with Gasteiger partial charge in [-0.3, -0.25) is 4.57 Å². The summed E-state index contributed by atoms with van der Waals surface area (Å²) in [6.07, 6.45) is 0. The third-order valence-electron chi connectivity index (χ3n) is 2.00. The topological polar surface area (TPSA) is 54.0 Å². The fourth-order valence-electron chi connectivity index (χ4n) is 1.27. The Morgan fingerprint density at radius 3 is 2.15 bits per heavy atom. The lowest BCUT2D eigenvalue weighted by molar-refractivity contribution is 0.184. The van der Waals surface area contributed by atoms with Crippen LogP contribution in [0.1, 0.15) is 19.4 Å². The SMILES string of the molecule is CCO[PH](=O)OCC.COCc1cc(Cl)cc(OC)c1. The molecule has 1 aromatic rings. The summed E-state index contributed by atoms with van der Waals surface area (Å²) in [6.45, 7) is 5.02. The van der Waals surface area contributed by atoms with Crippen LogP contribution in [0.5, 0.6) is 5.75 Å². The molecule has 20 heavy (non-hydrogen) atoms. The van der Waals surface area contributed by atoms with Crippen molar-refractivity contribution >= 4 is 19.9 Å². The molecular weight excluding hydrogens is 303 g/mol. The summed E-state index contributed by atoms with van der Waals surface area (Å²) in [7, 11) is 1.12. The molecule has 1 aromatic carbocycles. The molecule has 0 heterocycles. The molecule has 5 nitrogen and oxygen atoms in total. The van der Waals surface area contributed by atoms with Crippen LogP contribution in [0.15, 0.2) is 18.2 Å². The van der Waals surface area contributed by atoms with E-state index in [1.54, 1.807) is 34.1 Å². The average Bonchev–Trinajstić information content (AvgIpc) is 2.39. The molecule has 0 amide bonds. The Hall–Kier alpha value is -0.580. The highest BCUT2D eigenvalue weighted by atomic mass is 35.5. The fourth-order valence-corrected chi connectivity index (χ4v) is 2.07. The quantitative estimate of drug-likeness (QED) is 0.711. The summed E-state index contributed by atoms with van der Waals surface area (Å²) >= 11 is 5.83. The lowest BCUT2D eigenvalue weighted by atomic mass is 10.2. The minimum absolute atomic E-state index is 0.456. The molecular formula is C13H22ClO5P. The van der Waals surface area contributed by atoms with Gasteiger partial charge in [-0.25, -0.2) is 0 Å². The first kappa shape index (κ1) is 19.4. The Balaban J connectivity index is 0.000000396. The predicted molar refractivity (Wildman–Crippen MR) is 81.0 cm³/mol. The highest BCUT2D eigenvalue weighted by molar-refractivity contribution is 7.33. The standard InChI is InChI=1S/C9H11ClO2.C4H11O3P/c1-11-6-7-3-8(10)5-9(4-7)12-2;1-3-6-8(5)7-4-2/h3-5H,6H2,1-2H3;8H,3-4H2,1-2H3. The van der Waals surface area contributed by atoms with Crippen molar-refractivity contribution in [2.45, 2.75) is 20.5 Å². The third kappa shape index (κ3) is 9.34. The van der Waals surface area contributed by atoms with Gasteiger partial charge in [-0.1, -0.05) is 11.6 Å². The van der Waals surface area contributed by atoms with Crippen molar-refractivity contribution in [2.24, 2.45) is 0 Å². The van der Waals surface area contributed by atoms with Crippen molar-refractivity contribution in [3.63, 3.8) is 0 Å². The van der Waals surface area contributed by atoms with Gasteiger partial charge in [0.1, 0.15) is 5.75 Å². The number of ether oxygens (including phenoxy) is 2. The van der Waals surface area contributed by atoms with Gasteiger partial charge < -0.3 is 18.5 Å². The minimum atomic E-state index is -2.14. The molecule has 0 radical (unpaired) electrons. The second-order valence-electron chi connectivity index (χ2n) is 3.55. The van der Waals surface area contributed by atoms with Gasteiger partial charge in [0.15, 0.2) is 0 Å². The summed E-state index contributed by atoms with van der Waals surface area (Å²) < 4.78 is 29.6. The van der Waals surface area contributed by atoms with Crippen molar-refractivity contribution in [2.75, 3.05) is 27.4 Å². The van der Waals surface area contributed by atoms with Crippen LogP contribution in [0.25, 0.3) is 0 Å². The Morgan fingerprint density at radius 1 is 1.10 bits per heavy atom. The average molecular weight is 325 g/mol. The van der Waals surface area contributed by atoms with Crippen LogP contribution >= 0.6 is 19.9 Å². The normalized spacial score (nSPS) is 10.1. The molecule has 1 rings (SSSR count). The summed E-state index contributed by atoms with van der Waals surface area (Å²) in [5.41, 5.74) is 1.02. The summed E-state index contributed by atoms with van der Waals surface area (Å²) in [6, 6.07) is 5.52. The third-order valence-corrected chi connectivity index (χ3v) is 3.27. The van der Waals surface area contributed by atoms with Crippen LogP contribution in [0.3, 0.4) is 0 Å². The summed E-state index contributed by atoms with van der Waals surface area (Å²) in [4.78, 5) is 0. The predicted octanol–water partition coefficient (Wildman–Crippen LogP) is 3.94. The van der Waals surface area contributed by atoms with Crippen molar-refractivity contribution < 1.29 is 23.1 Å². The van der Waals surface area contributed by atoms with Crippen molar-refractivity contribution in [3.05, 3.63) is 28.8 Å². The van der Waals surface area contributed by atoms with Crippen LogP contribution in [0.4, 0.5) is 0 Å². The molecule has 0 aromatic heterocycles. The number of hydrogen-bond donors (Lipinski definition) is 0. The van der Waals surface area contributed by atoms with E-state index in [0.29, 0.717) is 24.8 Å². The van der Waals surface area contributed by atoms with E-state index in [1.807, 2.05) is 12.1 Å². The maximum absolute atomic E-state index is 10.4. The molecule has 0 aliphatic carbocycles. The molecule has 0 saturated carbocycles. The van der Waals surface area contributed by atoms with E-state index in [0.717, 1.165) is 11.3 Å². The van der Waals surface area contributed by atoms with Gasteiger partial charge in [0.05, 0.1) is 26.9 Å². The molecule has 0 atom stereocenters. The maximum atomic E-state index is 10.4. The molecule has 0 unspecified atom stereocenters. The zero-order valence-electron chi connectivity index (χ0n) is 12.3.